The Bertz CT molecular complexity index is 616. The fourth-order valence-corrected chi connectivity index (χ4v) is 2.04. The number of sulfonamides is 1. The van der Waals surface area contributed by atoms with Crippen LogP contribution in [0.5, 0.6) is 0 Å². The minimum atomic E-state index is -3.84. The highest BCUT2D eigenvalue weighted by Gasteiger charge is 2.17. The van der Waals surface area contributed by atoms with E-state index in [1.807, 2.05) is 0 Å². The third-order valence-corrected chi connectivity index (χ3v) is 3.00. The van der Waals surface area contributed by atoms with E-state index < -0.39 is 21.7 Å². The van der Waals surface area contributed by atoms with Gasteiger partial charge in [-0.15, -0.1) is 0 Å². The molecule has 0 aliphatic rings. The van der Waals surface area contributed by atoms with Crippen LogP contribution in [0.25, 0.3) is 0 Å². The summed E-state index contributed by atoms with van der Waals surface area (Å²) in [7, 11) is -2.73. The number of aromatic nitrogens is 1. The van der Waals surface area contributed by atoms with Gasteiger partial charge in [0, 0.05) is 0 Å². The van der Waals surface area contributed by atoms with Gasteiger partial charge in [-0.3, -0.25) is 9.52 Å². The standard InChI is InChI=1S/C11H13N3O4S/c1-18-11(15)8-19(16,17)14-10-6-2-4-9(13-10)5-3-7-12/h2,4,6H,7-8,12H2,1H3,(H,13,14). The van der Waals surface area contributed by atoms with Gasteiger partial charge in [-0.05, 0) is 18.1 Å². The summed E-state index contributed by atoms with van der Waals surface area (Å²) in [6.45, 7) is 0.181. The van der Waals surface area contributed by atoms with Gasteiger partial charge in [-0.25, -0.2) is 13.4 Å². The van der Waals surface area contributed by atoms with Crippen LogP contribution in [0.4, 0.5) is 5.82 Å². The van der Waals surface area contributed by atoms with E-state index in [4.69, 9.17) is 5.73 Å². The van der Waals surface area contributed by atoms with E-state index >= 15 is 0 Å². The Morgan fingerprint density at radius 1 is 1.53 bits per heavy atom. The number of pyridine rings is 1. The minimum Gasteiger partial charge on any atom is -0.468 e. The molecule has 0 saturated heterocycles. The zero-order chi connectivity index (χ0) is 14.3. The zero-order valence-corrected chi connectivity index (χ0v) is 11.0. The summed E-state index contributed by atoms with van der Waals surface area (Å²) in [6, 6.07) is 4.65. The second-order valence-electron chi connectivity index (χ2n) is 3.35. The maximum absolute atomic E-state index is 11.6. The van der Waals surface area contributed by atoms with Gasteiger partial charge in [-0.1, -0.05) is 12.0 Å². The van der Waals surface area contributed by atoms with Crippen LogP contribution < -0.4 is 10.5 Å². The van der Waals surface area contributed by atoms with E-state index in [2.05, 4.69) is 26.3 Å². The topological polar surface area (TPSA) is 111 Å². The first-order chi connectivity index (χ1) is 8.96. The van der Waals surface area contributed by atoms with Crippen molar-refractivity contribution in [2.24, 2.45) is 5.73 Å². The maximum Gasteiger partial charge on any atom is 0.322 e. The first kappa shape index (κ1) is 14.9. The van der Waals surface area contributed by atoms with Crippen LogP contribution in [0, 0.1) is 11.8 Å². The Hall–Kier alpha value is -2.11. The van der Waals surface area contributed by atoms with E-state index in [0.29, 0.717) is 5.69 Å². The van der Waals surface area contributed by atoms with Crippen LogP contribution in [0.2, 0.25) is 0 Å². The highest BCUT2D eigenvalue weighted by atomic mass is 32.2. The monoisotopic (exact) mass is 283 g/mol. The molecule has 0 aliphatic carbocycles. The number of carbonyl (C=O) groups is 1. The molecule has 0 saturated carbocycles. The lowest BCUT2D eigenvalue weighted by atomic mass is 10.3. The number of esters is 1. The number of nitrogens with zero attached hydrogens (tertiary/aromatic N) is 1. The van der Waals surface area contributed by atoms with Crippen LogP contribution in [0.15, 0.2) is 18.2 Å². The fraction of sp³-hybridized carbons (Fsp3) is 0.273. The van der Waals surface area contributed by atoms with E-state index in [0.717, 1.165) is 7.11 Å². The van der Waals surface area contributed by atoms with Gasteiger partial charge in [0.05, 0.1) is 13.7 Å². The van der Waals surface area contributed by atoms with Gasteiger partial charge in [0.25, 0.3) is 0 Å². The summed E-state index contributed by atoms with van der Waals surface area (Å²) < 4.78 is 29.6. The highest BCUT2D eigenvalue weighted by molar-refractivity contribution is 7.93. The second-order valence-corrected chi connectivity index (χ2v) is 5.07. The molecule has 3 N–H and O–H groups in total. The molecule has 0 bridgehead atoms. The molecule has 1 aromatic rings. The number of ether oxygens (including phenoxy) is 1. The summed E-state index contributed by atoms with van der Waals surface area (Å²) in [5.41, 5.74) is 5.60. The van der Waals surface area contributed by atoms with Crippen molar-refractivity contribution in [1.82, 2.24) is 4.98 Å². The van der Waals surface area contributed by atoms with Gasteiger partial charge in [0.2, 0.25) is 10.0 Å². The van der Waals surface area contributed by atoms with Crippen LogP contribution in [-0.4, -0.2) is 38.8 Å². The molecule has 1 rings (SSSR count). The highest BCUT2D eigenvalue weighted by Crippen LogP contribution is 2.07. The number of nitrogens with two attached hydrogens (primary N) is 1. The summed E-state index contributed by atoms with van der Waals surface area (Å²) in [5.74, 6) is 3.72. The number of nitrogens with one attached hydrogen (secondary N) is 1. The smallest absolute Gasteiger partial charge is 0.322 e. The quantitative estimate of drug-likeness (QED) is 0.558. The summed E-state index contributed by atoms with van der Waals surface area (Å²) >= 11 is 0. The predicted molar refractivity (Wildman–Crippen MR) is 69.6 cm³/mol. The van der Waals surface area contributed by atoms with E-state index in [-0.39, 0.29) is 12.4 Å². The molecule has 0 aromatic carbocycles. The fourth-order valence-electron chi connectivity index (χ4n) is 1.11. The summed E-state index contributed by atoms with van der Waals surface area (Å²) in [5, 5.41) is 0. The lowest BCUT2D eigenvalue weighted by Gasteiger charge is -2.06. The van der Waals surface area contributed by atoms with Crippen molar-refractivity contribution in [3.8, 4) is 11.8 Å². The molecule has 1 heterocycles. The molecule has 0 fully saturated rings. The van der Waals surface area contributed by atoms with Crippen molar-refractivity contribution in [1.29, 1.82) is 0 Å². The summed E-state index contributed by atoms with van der Waals surface area (Å²) in [4.78, 5) is 14.9. The molecule has 102 valence electrons. The van der Waals surface area contributed by atoms with Crippen molar-refractivity contribution in [3.05, 3.63) is 23.9 Å². The van der Waals surface area contributed by atoms with Crippen molar-refractivity contribution in [3.63, 3.8) is 0 Å². The average molecular weight is 283 g/mol. The maximum atomic E-state index is 11.6. The normalized spacial score (nSPS) is 10.2. The number of rotatable bonds is 4. The zero-order valence-electron chi connectivity index (χ0n) is 10.2. The molecule has 8 heteroatoms. The van der Waals surface area contributed by atoms with Gasteiger partial charge >= 0.3 is 5.97 Å². The SMILES string of the molecule is COC(=O)CS(=O)(=O)Nc1cccc(C#CCN)n1. The molecule has 19 heavy (non-hydrogen) atoms. The van der Waals surface area contributed by atoms with Crippen molar-refractivity contribution in [2.75, 3.05) is 24.1 Å². The molecule has 0 radical (unpaired) electrons. The Balaban J connectivity index is 2.85. The molecular formula is C11H13N3O4S. The Labute approximate surface area is 111 Å². The number of anilines is 1. The third kappa shape index (κ3) is 5.37. The molecular weight excluding hydrogens is 270 g/mol. The molecule has 1 aromatic heterocycles. The van der Waals surface area contributed by atoms with Crippen LogP contribution in [0.1, 0.15) is 5.69 Å². The number of hydrogen-bond acceptors (Lipinski definition) is 6. The third-order valence-electron chi connectivity index (χ3n) is 1.86. The minimum absolute atomic E-state index is 0.0766. The molecule has 0 aliphatic heterocycles. The van der Waals surface area contributed by atoms with Crippen LogP contribution >= 0.6 is 0 Å². The lowest BCUT2D eigenvalue weighted by Crippen LogP contribution is -2.24. The van der Waals surface area contributed by atoms with E-state index in [9.17, 15) is 13.2 Å². The van der Waals surface area contributed by atoms with Crippen molar-refractivity contribution in [2.45, 2.75) is 0 Å². The van der Waals surface area contributed by atoms with Gasteiger partial charge < -0.3 is 10.5 Å². The Morgan fingerprint density at radius 2 is 2.26 bits per heavy atom. The van der Waals surface area contributed by atoms with Crippen LogP contribution in [0.3, 0.4) is 0 Å². The second kappa shape index (κ2) is 6.72. The molecule has 0 unspecified atom stereocenters. The van der Waals surface area contributed by atoms with Crippen LogP contribution in [-0.2, 0) is 19.6 Å². The molecule has 0 spiro atoms. The largest absolute Gasteiger partial charge is 0.468 e. The van der Waals surface area contributed by atoms with Gasteiger partial charge in [0.1, 0.15) is 11.5 Å². The van der Waals surface area contributed by atoms with Crippen molar-refractivity contribution < 1.29 is 17.9 Å². The first-order valence-corrected chi connectivity index (χ1v) is 6.85. The first-order valence-electron chi connectivity index (χ1n) is 5.20. The Morgan fingerprint density at radius 3 is 2.89 bits per heavy atom. The average Bonchev–Trinajstić information content (AvgIpc) is 2.35. The predicted octanol–water partition coefficient (Wildman–Crippen LogP) is -0.693. The molecule has 0 amide bonds. The van der Waals surface area contributed by atoms with E-state index in [1.54, 1.807) is 12.1 Å². The lowest BCUT2D eigenvalue weighted by molar-refractivity contribution is -0.137. The van der Waals surface area contributed by atoms with Gasteiger partial charge in [0.15, 0.2) is 5.75 Å². The molecule has 7 nitrogen and oxygen atoms in total. The van der Waals surface area contributed by atoms with Gasteiger partial charge in [-0.2, -0.15) is 0 Å². The summed E-state index contributed by atoms with van der Waals surface area (Å²) in [6.07, 6.45) is 0. The molecule has 0 atom stereocenters. The number of methoxy groups -OCH3 is 1. The number of hydrogen-bond donors (Lipinski definition) is 2. The van der Waals surface area contributed by atoms with E-state index in [1.165, 1.54) is 6.07 Å². The van der Waals surface area contributed by atoms with Crippen molar-refractivity contribution >= 4 is 21.8 Å². The number of carbonyl (C=O) groups excluding carboxylic acids is 1. The Kier molecular flexibility index (Phi) is 5.29.